The van der Waals surface area contributed by atoms with Gasteiger partial charge in [0, 0.05) is 6.61 Å². The Morgan fingerprint density at radius 2 is 2.17 bits per heavy atom. The Morgan fingerprint density at radius 1 is 1.33 bits per heavy atom. The molecule has 1 aliphatic heterocycles. The first-order valence-electron chi connectivity index (χ1n) is 8.04. The van der Waals surface area contributed by atoms with Crippen molar-refractivity contribution in [1.82, 2.24) is 0 Å². The van der Waals surface area contributed by atoms with Crippen LogP contribution in [0.15, 0.2) is 42.5 Å². The summed E-state index contributed by atoms with van der Waals surface area (Å²) in [5.74, 6) is -0.389. The average Bonchev–Trinajstić information content (AvgIpc) is 3.09. The Balaban J connectivity index is 1.72. The molecule has 4 nitrogen and oxygen atoms in total. The molecule has 1 aliphatic rings. The van der Waals surface area contributed by atoms with Gasteiger partial charge in [-0.3, -0.25) is 4.79 Å². The van der Waals surface area contributed by atoms with Gasteiger partial charge in [-0.15, -0.1) is 0 Å². The van der Waals surface area contributed by atoms with Crippen molar-refractivity contribution in [3.63, 3.8) is 0 Å². The van der Waals surface area contributed by atoms with Gasteiger partial charge in [-0.05, 0) is 49.6 Å². The molecule has 1 heterocycles. The van der Waals surface area contributed by atoms with E-state index >= 15 is 0 Å². The van der Waals surface area contributed by atoms with Crippen molar-refractivity contribution in [2.24, 2.45) is 0 Å². The molecule has 0 bridgehead atoms. The lowest BCUT2D eigenvalue weighted by Gasteiger charge is -2.14. The molecule has 1 amide bonds. The Kier molecular flexibility index (Phi) is 5.11. The van der Waals surface area contributed by atoms with Crippen LogP contribution < -0.4 is 10.1 Å². The van der Waals surface area contributed by atoms with Crippen molar-refractivity contribution in [3.05, 3.63) is 59.4 Å². The maximum absolute atomic E-state index is 13.9. The SMILES string of the molecule is Cc1ccc(NC(=O)c2ccccc2OCC2CCCO2)c(F)c1. The lowest BCUT2D eigenvalue weighted by molar-refractivity contribution is 0.0673. The summed E-state index contributed by atoms with van der Waals surface area (Å²) in [6, 6.07) is 11.6. The van der Waals surface area contributed by atoms with E-state index in [0.717, 1.165) is 25.0 Å². The molecule has 126 valence electrons. The molecule has 5 heteroatoms. The first-order valence-corrected chi connectivity index (χ1v) is 8.04. The van der Waals surface area contributed by atoms with Gasteiger partial charge < -0.3 is 14.8 Å². The molecule has 0 spiro atoms. The van der Waals surface area contributed by atoms with Crippen LogP contribution in [0, 0.1) is 12.7 Å². The molecule has 1 N–H and O–H groups in total. The molecule has 2 aromatic rings. The molecule has 1 unspecified atom stereocenters. The van der Waals surface area contributed by atoms with Crippen LogP contribution in [0.5, 0.6) is 5.75 Å². The van der Waals surface area contributed by atoms with Gasteiger partial charge in [0.05, 0.1) is 17.4 Å². The number of carbonyl (C=O) groups excluding carboxylic acids is 1. The highest BCUT2D eigenvalue weighted by Gasteiger charge is 2.19. The van der Waals surface area contributed by atoms with Gasteiger partial charge in [0.2, 0.25) is 0 Å². The summed E-state index contributed by atoms with van der Waals surface area (Å²) in [6.45, 7) is 2.95. The van der Waals surface area contributed by atoms with Crippen LogP contribution in [-0.4, -0.2) is 25.2 Å². The summed E-state index contributed by atoms with van der Waals surface area (Å²) in [5.41, 5.74) is 1.32. The number of benzene rings is 2. The van der Waals surface area contributed by atoms with E-state index in [4.69, 9.17) is 9.47 Å². The minimum atomic E-state index is -0.457. The Morgan fingerprint density at radius 3 is 2.92 bits per heavy atom. The lowest BCUT2D eigenvalue weighted by Crippen LogP contribution is -2.19. The molecule has 24 heavy (non-hydrogen) atoms. The molecule has 0 aliphatic carbocycles. The molecular formula is C19H20FNO3. The van der Waals surface area contributed by atoms with Crippen molar-refractivity contribution < 1.29 is 18.7 Å². The van der Waals surface area contributed by atoms with Crippen LogP contribution in [0.25, 0.3) is 0 Å². The van der Waals surface area contributed by atoms with Crippen LogP contribution in [0.4, 0.5) is 10.1 Å². The third-order valence-corrected chi connectivity index (χ3v) is 3.95. The highest BCUT2D eigenvalue weighted by molar-refractivity contribution is 6.06. The quantitative estimate of drug-likeness (QED) is 0.904. The fourth-order valence-corrected chi connectivity index (χ4v) is 2.65. The summed E-state index contributed by atoms with van der Waals surface area (Å²) in [5, 5.41) is 2.60. The number of carbonyl (C=O) groups is 1. The summed E-state index contributed by atoms with van der Waals surface area (Å²) in [6.07, 6.45) is 2.06. The van der Waals surface area contributed by atoms with Crippen LogP contribution in [-0.2, 0) is 4.74 Å². The fourth-order valence-electron chi connectivity index (χ4n) is 2.65. The zero-order valence-electron chi connectivity index (χ0n) is 13.5. The topological polar surface area (TPSA) is 47.6 Å². The highest BCUT2D eigenvalue weighted by Crippen LogP contribution is 2.23. The molecule has 2 aromatic carbocycles. The zero-order chi connectivity index (χ0) is 16.9. The third-order valence-electron chi connectivity index (χ3n) is 3.95. The Labute approximate surface area is 140 Å². The number of anilines is 1. The summed E-state index contributed by atoms with van der Waals surface area (Å²) < 4.78 is 25.2. The van der Waals surface area contributed by atoms with E-state index in [0.29, 0.717) is 17.9 Å². The van der Waals surface area contributed by atoms with Crippen LogP contribution >= 0.6 is 0 Å². The van der Waals surface area contributed by atoms with Crippen molar-refractivity contribution in [3.8, 4) is 5.75 Å². The van der Waals surface area contributed by atoms with Gasteiger partial charge in [-0.2, -0.15) is 0 Å². The predicted molar refractivity (Wildman–Crippen MR) is 90.0 cm³/mol. The highest BCUT2D eigenvalue weighted by atomic mass is 19.1. The first kappa shape index (κ1) is 16.5. The van der Waals surface area contributed by atoms with Crippen molar-refractivity contribution >= 4 is 11.6 Å². The molecule has 1 saturated heterocycles. The molecular weight excluding hydrogens is 309 g/mol. The minimum absolute atomic E-state index is 0.0654. The number of hydrogen-bond donors (Lipinski definition) is 1. The summed E-state index contributed by atoms with van der Waals surface area (Å²) >= 11 is 0. The average molecular weight is 329 g/mol. The maximum atomic E-state index is 13.9. The molecule has 1 atom stereocenters. The summed E-state index contributed by atoms with van der Waals surface area (Å²) in [4.78, 5) is 12.5. The molecule has 1 fully saturated rings. The number of rotatable bonds is 5. The van der Waals surface area contributed by atoms with Gasteiger partial charge in [-0.1, -0.05) is 18.2 Å². The van der Waals surface area contributed by atoms with Crippen LogP contribution in [0.3, 0.4) is 0 Å². The lowest BCUT2D eigenvalue weighted by atomic mass is 10.1. The maximum Gasteiger partial charge on any atom is 0.259 e. The first-order chi connectivity index (χ1) is 11.6. The van der Waals surface area contributed by atoms with Crippen molar-refractivity contribution in [2.75, 3.05) is 18.5 Å². The number of hydrogen-bond acceptors (Lipinski definition) is 3. The van der Waals surface area contributed by atoms with Gasteiger partial charge in [0.25, 0.3) is 5.91 Å². The van der Waals surface area contributed by atoms with Gasteiger partial charge in [0.15, 0.2) is 0 Å². The van der Waals surface area contributed by atoms with Crippen LogP contribution in [0.1, 0.15) is 28.8 Å². The third kappa shape index (κ3) is 3.92. The summed E-state index contributed by atoms with van der Waals surface area (Å²) in [7, 11) is 0. The normalized spacial score (nSPS) is 16.8. The number of aryl methyl sites for hydroxylation is 1. The van der Waals surface area contributed by atoms with Gasteiger partial charge in [-0.25, -0.2) is 4.39 Å². The zero-order valence-corrected chi connectivity index (χ0v) is 13.5. The van der Waals surface area contributed by atoms with Gasteiger partial charge >= 0.3 is 0 Å². The second kappa shape index (κ2) is 7.45. The number of amides is 1. The van der Waals surface area contributed by atoms with E-state index in [1.165, 1.54) is 6.07 Å². The van der Waals surface area contributed by atoms with E-state index in [1.807, 2.05) is 0 Å². The Hall–Kier alpha value is -2.40. The standard InChI is InChI=1S/C19H20FNO3/c1-13-8-9-17(16(20)11-13)21-19(22)15-6-2-3-7-18(15)24-12-14-5-4-10-23-14/h2-3,6-9,11,14H,4-5,10,12H2,1H3,(H,21,22). The molecule has 0 aromatic heterocycles. The monoisotopic (exact) mass is 329 g/mol. The van der Waals surface area contributed by atoms with E-state index in [2.05, 4.69) is 5.32 Å². The van der Waals surface area contributed by atoms with Crippen molar-refractivity contribution in [1.29, 1.82) is 0 Å². The smallest absolute Gasteiger partial charge is 0.259 e. The van der Waals surface area contributed by atoms with E-state index in [1.54, 1.807) is 43.3 Å². The Bertz CT molecular complexity index is 726. The molecule has 0 radical (unpaired) electrons. The second-order valence-corrected chi connectivity index (χ2v) is 5.88. The van der Waals surface area contributed by atoms with E-state index in [9.17, 15) is 9.18 Å². The largest absolute Gasteiger partial charge is 0.490 e. The number of halogens is 1. The van der Waals surface area contributed by atoms with Crippen LogP contribution in [0.2, 0.25) is 0 Å². The van der Waals surface area contributed by atoms with E-state index in [-0.39, 0.29) is 11.8 Å². The fraction of sp³-hybridized carbons (Fsp3) is 0.316. The van der Waals surface area contributed by atoms with Gasteiger partial charge in [0.1, 0.15) is 18.2 Å². The van der Waals surface area contributed by atoms with E-state index < -0.39 is 11.7 Å². The molecule has 3 rings (SSSR count). The molecule has 0 saturated carbocycles. The predicted octanol–water partition coefficient (Wildman–Crippen LogP) is 3.94. The number of nitrogens with one attached hydrogen (secondary N) is 1. The second-order valence-electron chi connectivity index (χ2n) is 5.88. The number of ether oxygens (including phenoxy) is 2. The minimum Gasteiger partial charge on any atom is -0.490 e. The number of para-hydroxylation sites is 1. The van der Waals surface area contributed by atoms with Crippen molar-refractivity contribution in [2.45, 2.75) is 25.9 Å².